The van der Waals surface area contributed by atoms with Crippen LogP contribution in [0.3, 0.4) is 0 Å². The molecule has 2 aromatic carbocycles. The molecule has 3 aromatic rings. The van der Waals surface area contributed by atoms with Crippen LogP contribution in [0.5, 0.6) is 0 Å². The Labute approximate surface area is 191 Å². The topological polar surface area (TPSA) is 34.5 Å². The van der Waals surface area contributed by atoms with Crippen LogP contribution >= 0.6 is 0 Å². The fourth-order valence-electron chi connectivity index (χ4n) is 5.68. The zero-order valence-corrected chi connectivity index (χ0v) is 18.9. The molecule has 2 fully saturated rings. The minimum atomic E-state index is 0.285. The zero-order chi connectivity index (χ0) is 21.8. The van der Waals surface area contributed by atoms with Crippen LogP contribution in [0.25, 0.3) is 10.9 Å². The average molecular weight is 431 g/mol. The van der Waals surface area contributed by atoms with E-state index in [4.69, 9.17) is 4.74 Å². The maximum absolute atomic E-state index is 13.3. The first kappa shape index (κ1) is 21.3. The highest BCUT2D eigenvalue weighted by molar-refractivity contribution is 5.86. The van der Waals surface area contributed by atoms with E-state index in [-0.39, 0.29) is 5.92 Å². The minimum absolute atomic E-state index is 0.285. The second-order valence-electron chi connectivity index (χ2n) is 9.42. The highest BCUT2D eigenvalue weighted by atomic mass is 16.5. The number of carbonyl (C=O) groups is 1. The SMILES string of the molecule is O=C(C[C@@H](c1cn(Cc2ccccc2)c2ccccc12)C1CCCCC1)N1CCOCC1. The molecule has 4 heteroatoms. The molecule has 5 rings (SSSR count). The van der Waals surface area contributed by atoms with Crippen LogP contribution in [-0.4, -0.2) is 41.7 Å². The summed E-state index contributed by atoms with van der Waals surface area (Å²) in [5.41, 5.74) is 3.94. The number of para-hydroxylation sites is 1. The number of hydrogen-bond donors (Lipinski definition) is 0. The number of ether oxygens (including phenoxy) is 1. The van der Waals surface area contributed by atoms with E-state index in [2.05, 4.69) is 65.4 Å². The second kappa shape index (κ2) is 9.91. The minimum Gasteiger partial charge on any atom is -0.378 e. The van der Waals surface area contributed by atoms with Gasteiger partial charge in [-0.2, -0.15) is 0 Å². The van der Waals surface area contributed by atoms with Crippen LogP contribution in [0.15, 0.2) is 60.8 Å². The van der Waals surface area contributed by atoms with Gasteiger partial charge in [0.25, 0.3) is 0 Å². The summed E-state index contributed by atoms with van der Waals surface area (Å²) in [4.78, 5) is 15.3. The summed E-state index contributed by atoms with van der Waals surface area (Å²) >= 11 is 0. The van der Waals surface area contributed by atoms with Crippen LogP contribution in [0.4, 0.5) is 0 Å². The molecule has 168 valence electrons. The third kappa shape index (κ3) is 4.61. The molecule has 1 aliphatic carbocycles. The van der Waals surface area contributed by atoms with Crippen LogP contribution in [0, 0.1) is 5.92 Å². The van der Waals surface area contributed by atoms with E-state index in [1.807, 2.05) is 4.90 Å². The summed E-state index contributed by atoms with van der Waals surface area (Å²) < 4.78 is 7.86. The molecule has 1 atom stereocenters. The van der Waals surface area contributed by atoms with Crippen molar-refractivity contribution in [2.45, 2.75) is 51.0 Å². The van der Waals surface area contributed by atoms with Crippen molar-refractivity contribution in [2.24, 2.45) is 5.92 Å². The van der Waals surface area contributed by atoms with Crippen LogP contribution < -0.4 is 0 Å². The zero-order valence-electron chi connectivity index (χ0n) is 18.9. The number of benzene rings is 2. The van der Waals surface area contributed by atoms with E-state index in [0.717, 1.165) is 19.6 Å². The Morgan fingerprint density at radius 2 is 1.66 bits per heavy atom. The Morgan fingerprint density at radius 1 is 0.938 bits per heavy atom. The Kier molecular flexibility index (Phi) is 6.59. The molecular formula is C28H34N2O2. The lowest BCUT2D eigenvalue weighted by Crippen LogP contribution is -2.41. The predicted molar refractivity (Wildman–Crippen MR) is 129 cm³/mol. The summed E-state index contributed by atoms with van der Waals surface area (Å²) in [7, 11) is 0. The quantitative estimate of drug-likeness (QED) is 0.510. The molecule has 1 amide bonds. The van der Waals surface area contributed by atoms with Crippen molar-refractivity contribution in [3.8, 4) is 0 Å². The van der Waals surface area contributed by atoms with Gasteiger partial charge >= 0.3 is 0 Å². The molecule has 1 saturated carbocycles. The van der Waals surface area contributed by atoms with Crippen molar-refractivity contribution in [1.29, 1.82) is 0 Å². The fourth-order valence-corrected chi connectivity index (χ4v) is 5.68. The van der Waals surface area contributed by atoms with Crippen molar-refractivity contribution >= 4 is 16.8 Å². The van der Waals surface area contributed by atoms with Gasteiger partial charge in [-0.15, -0.1) is 0 Å². The van der Waals surface area contributed by atoms with Crippen molar-refractivity contribution in [3.05, 3.63) is 71.9 Å². The monoisotopic (exact) mass is 430 g/mol. The lowest BCUT2D eigenvalue weighted by Gasteiger charge is -2.33. The molecule has 2 heterocycles. The number of fused-ring (bicyclic) bond motifs is 1. The van der Waals surface area contributed by atoms with E-state index in [1.54, 1.807) is 0 Å². The number of carbonyl (C=O) groups excluding carboxylic acids is 1. The summed E-state index contributed by atoms with van der Waals surface area (Å²) in [6, 6.07) is 19.4. The normalized spacial score (nSPS) is 18.7. The molecule has 4 nitrogen and oxygen atoms in total. The summed E-state index contributed by atoms with van der Waals surface area (Å²) in [5, 5.41) is 1.31. The van der Waals surface area contributed by atoms with Gasteiger partial charge in [0.15, 0.2) is 0 Å². The molecule has 1 saturated heterocycles. The highest BCUT2D eigenvalue weighted by Crippen LogP contribution is 2.42. The Balaban J connectivity index is 1.49. The van der Waals surface area contributed by atoms with E-state index in [1.165, 1.54) is 54.1 Å². The molecule has 32 heavy (non-hydrogen) atoms. The Hall–Kier alpha value is -2.59. The van der Waals surface area contributed by atoms with Crippen molar-refractivity contribution in [1.82, 2.24) is 9.47 Å². The predicted octanol–water partition coefficient (Wildman–Crippen LogP) is 5.60. The molecule has 2 aliphatic rings. The maximum Gasteiger partial charge on any atom is 0.223 e. The Bertz CT molecular complexity index is 1030. The Morgan fingerprint density at radius 3 is 2.44 bits per heavy atom. The van der Waals surface area contributed by atoms with Crippen molar-refractivity contribution in [2.75, 3.05) is 26.3 Å². The largest absolute Gasteiger partial charge is 0.378 e. The van der Waals surface area contributed by atoms with Gasteiger partial charge in [-0.05, 0) is 41.9 Å². The number of aromatic nitrogens is 1. The van der Waals surface area contributed by atoms with Crippen molar-refractivity contribution in [3.63, 3.8) is 0 Å². The summed E-state index contributed by atoms with van der Waals surface area (Å²) in [6.45, 7) is 3.64. The second-order valence-corrected chi connectivity index (χ2v) is 9.42. The third-order valence-corrected chi connectivity index (χ3v) is 7.39. The number of rotatable bonds is 6. The van der Waals surface area contributed by atoms with E-state index in [9.17, 15) is 4.79 Å². The number of amides is 1. The van der Waals surface area contributed by atoms with Gasteiger partial charge in [0.1, 0.15) is 0 Å². The molecule has 0 N–H and O–H groups in total. The van der Waals surface area contributed by atoms with Gasteiger partial charge in [-0.25, -0.2) is 0 Å². The molecule has 0 unspecified atom stereocenters. The average Bonchev–Trinajstić information content (AvgIpc) is 3.22. The van der Waals surface area contributed by atoms with Gasteiger partial charge in [0, 0.05) is 43.2 Å². The maximum atomic E-state index is 13.3. The first-order chi connectivity index (χ1) is 15.8. The first-order valence-corrected chi connectivity index (χ1v) is 12.3. The fraction of sp³-hybridized carbons (Fsp3) is 0.464. The molecule has 1 aromatic heterocycles. The number of morpholine rings is 1. The first-order valence-electron chi connectivity index (χ1n) is 12.3. The summed E-state index contributed by atoms with van der Waals surface area (Å²) in [6.07, 6.45) is 9.34. The van der Waals surface area contributed by atoms with E-state index < -0.39 is 0 Å². The molecule has 0 bridgehead atoms. The molecule has 1 aliphatic heterocycles. The van der Waals surface area contributed by atoms with Gasteiger partial charge in [-0.3, -0.25) is 4.79 Å². The lowest BCUT2D eigenvalue weighted by molar-refractivity contribution is -0.136. The van der Waals surface area contributed by atoms with Gasteiger partial charge in [0.2, 0.25) is 5.91 Å². The van der Waals surface area contributed by atoms with Crippen LogP contribution in [-0.2, 0) is 16.1 Å². The number of nitrogens with zero attached hydrogens (tertiary/aromatic N) is 2. The van der Waals surface area contributed by atoms with Crippen LogP contribution in [0.2, 0.25) is 0 Å². The van der Waals surface area contributed by atoms with Gasteiger partial charge in [-0.1, -0.05) is 67.8 Å². The summed E-state index contributed by atoms with van der Waals surface area (Å²) in [5.74, 6) is 1.17. The molecular weight excluding hydrogens is 396 g/mol. The smallest absolute Gasteiger partial charge is 0.223 e. The van der Waals surface area contributed by atoms with Crippen molar-refractivity contribution < 1.29 is 9.53 Å². The van der Waals surface area contributed by atoms with Gasteiger partial charge < -0.3 is 14.2 Å². The lowest BCUT2D eigenvalue weighted by atomic mass is 9.75. The standard InChI is InChI=1S/C28H34N2O2/c31-28(29-15-17-32-18-16-29)19-25(23-11-5-2-6-12-23)26-21-30(20-22-9-3-1-4-10-22)27-14-8-7-13-24(26)27/h1,3-4,7-10,13-14,21,23,25H,2,5-6,11-12,15-20H2/t25-/m1/s1. The van der Waals surface area contributed by atoms with Gasteiger partial charge in [0.05, 0.1) is 13.2 Å². The van der Waals surface area contributed by atoms with E-state index in [0.29, 0.717) is 31.5 Å². The number of hydrogen-bond acceptors (Lipinski definition) is 2. The third-order valence-electron chi connectivity index (χ3n) is 7.39. The molecule has 0 radical (unpaired) electrons. The van der Waals surface area contributed by atoms with E-state index >= 15 is 0 Å². The molecule has 0 spiro atoms. The van der Waals surface area contributed by atoms with Crippen LogP contribution in [0.1, 0.15) is 55.6 Å². The highest BCUT2D eigenvalue weighted by Gasteiger charge is 2.31.